The topological polar surface area (TPSA) is 41.6 Å². The van der Waals surface area contributed by atoms with Crippen LogP contribution in [0.5, 0.6) is 5.75 Å². The van der Waals surface area contributed by atoms with E-state index in [1.165, 1.54) is 5.56 Å². The molecule has 122 valence electrons. The van der Waals surface area contributed by atoms with Gasteiger partial charge in [0.1, 0.15) is 5.75 Å². The fourth-order valence-corrected chi connectivity index (χ4v) is 2.64. The summed E-state index contributed by atoms with van der Waals surface area (Å²) in [5, 5.41) is 2.93. The van der Waals surface area contributed by atoms with Crippen LogP contribution in [0, 0.1) is 20.8 Å². The fourth-order valence-electron chi connectivity index (χ4n) is 2.64. The van der Waals surface area contributed by atoms with E-state index in [9.17, 15) is 4.79 Å². The van der Waals surface area contributed by atoms with Crippen LogP contribution in [0.3, 0.4) is 0 Å². The number of nitrogens with zero attached hydrogens (tertiary/aromatic N) is 1. The van der Waals surface area contributed by atoms with Crippen LogP contribution in [0.1, 0.15) is 16.7 Å². The van der Waals surface area contributed by atoms with Crippen LogP contribution < -0.4 is 15.0 Å². The summed E-state index contributed by atoms with van der Waals surface area (Å²) in [6.45, 7) is 6.38. The van der Waals surface area contributed by atoms with E-state index >= 15 is 0 Å². The molecule has 4 nitrogen and oxygen atoms in total. The summed E-state index contributed by atoms with van der Waals surface area (Å²) in [5.41, 5.74) is 5.21. The van der Waals surface area contributed by atoms with E-state index in [0.29, 0.717) is 11.4 Å². The normalized spacial score (nSPS) is 10.3. The average Bonchev–Trinajstić information content (AvgIpc) is 2.47. The van der Waals surface area contributed by atoms with Gasteiger partial charge in [-0.15, -0.1) is 0 Å². The highest BCUT2D eigenvalue weighted by molar-refractivity contribution is 5.95. The number of anilines is 2. The lowest BCUT2D eigenvalue weighted by Crippen LogP contribution is -2.30. The Kier molecular flexibility index (Phi) is 5.27. The second-order valence-electron chi connectivity index (χ2n) is 5.90. The van der Waals surface area contributed by atoms with Crippen LogP contribution in [0.15, 0.2) is 36.4 Å². The smallest absolute Gasteiger partial charge is 0.243 e. The van der Waals surface area contributed by atoms with E-state index < -0.39 is 0 Å². The molecule has 0 saturated carbocycles. The Morgan fingerprint density at radius 2 is 1.74 bits per heavy atom. The first-order valence-corrected chi connectivity index (χ1v) is 7.63. The summed E-state index contributed by atoms with van der Waals surface area (Å²) in [5.74, 6) is 0.592. The SMILES string of the molecule is COc1ccc(C)cc1NC(=O)CN(C)c1ccc(C)cc1C. The zero-order valence-electron chi connectivity index (χ0n) is 14.4. The van der Waals surface area contributed by atoms with Gasteiger partial charge in [0.05, 0.1) is 19.3 Å². The first-order chi connectivity index (χ1) is 10.9. The summed E-state index contributed by atoms with van der Waals surface area (Å²) >= 11 is 0. The Balaban J connectivity index is 2.09. The first-order valence-electron chi connectivity index (χ1n) is 7.63. The molecule has 0 aromatic heterocycles. The molecular weight excluding hydrogens is 288 g/mol. The largest absolute Gasteiger partial charge is 0.495 e. The number of hydrogen-bond donors (Lipinski definition) is 1. The number of methoxy groups -OCH3 is 1. The second kappa shape index (κ2) is 7.18. The monoisotopic (exact) mass is 312 g/mol. The highest BCUT2D eigenvalue weighted by Crippen LogP contribution is 2.25. The number of carbonyl (C=O) groups excluding carboxylic acids is 1. The van der Waals surface area contributed by atoms with Crippen LogP contribution in [-0.2, 0) is 4.79 Å². The lowest BCUT2D eigenvalue weighted by molar-refractivity contribution is -0.114. The minimum absolute atomic E-state index is 0.0728. The number of amides is 1. The molecule has 0 atom stereocenters. The Bertz CT molecular complexity index is 711. The van der Waals surface area contributed by atoms with Crippen molar-refractivity contribution in [2.24, 2.45) is 0 Å². The average molecular weight is 312 g/mol. The third-order valence-electron chi connectivity index (χ3n) is 3.77. The Morgan fingerprint density at radius 1 is 1.09 bits per heavy atom. The predicted molar refractivity (Wildman–Crippen MR) is 95.5 cm³/mol. The van der Waals surface area contributed by atoms with Crippen molar-refractivity contribution in [2.45, 2.75) is 20.8 Å². The van der Waals surface area contributed by atoms with Crippen molar-refractivity contribution in [3.05, 3.63) is 53.1 Å². The molecule has 0 aliphatic rings. The molecular formula is C19H24N2O2. The van der Waals surface area contributed by atoms with E-state index in [4.69, 9.17) is 4.74 Å². The van der Waals surface area contributed by atoms with Gasteiger partial charge in [0.15, 0.2) is 0 Å². The number of likely N-dealkylation sites (N-methyl/N-ethyl adjacent to an activating group) is 1. The molecule has 0 aliphatic heterocycles. The van der Waals surface area contributed by atoms with Gasteiger partial charge in [-0.1, -0.05) is 23.8 Å². The lowest BCUT2D eigenvalue weighted by Gasteiger charge is -2.21. The molecule has 2 aromatic carbocycles. The molecule has 1 amide bonds. The Hall–Kier alpha value is -2.49. The molecule has 2 rings (SSSR count). The summed E-state index contributed by atoms with van der Waals surface area (Å²) in [6.07, 6.45) is 0. The molecule has 0 spiro atoms. The maximum atomic E-state index is 12.3. The van der Waals surface area contributed by atoms with Crippen LogP contribution in [-0.4, -0.2) is 26.6 Å². The van der Waals surface area contributed by atoms with Gasteiger partial charge < -0.3 is 15.0 Å². The predicted octanol–water partition coefficient (Wildman–Crippen LogP) is 3.70. The molecule has 1 N–H and O–H groups in total. The van der Waals surface area contributed by atoms with E-state index in [1.54, 1.807) is 7.11 Å². The quantitative estimate of drug-likeness (QED) is 0.915. The van der Waals surface area contributed by atoms with Crippen molar-refractivity contribution in [3.63, 3.8) is 0 Å². The summed E-state index contributed by atoms with van der Waals surface area (Å²) in [7, 11) is 3.52. The zero-order valence-corrected chi connectivity index (χ0v) is 14.4. The highest BCUT2D eigenvalue weighted by Gasteiger charge is 2.12. The minimum atomic E-state index is -0.0728. The Morgan fingerprint density at radius 3 is 2.39 bits per heavy atom. The van der Waals surface area contributed by atoms with E-state index in [2.05, 4.69) is 31.3 Å². The molecule has 0 radical (unpaired) electrons. The highest BCUT2D eigenvalue weighted by atomic mass is 16.5. The van der Waals surface area contributed by atoms with Gasteiger partial charge in [-0.2, -0.15) is 0 Å². The molecule has 0 heterocycles. The standard InChI is InChI=1S/C19H24N2O2/c1-13-6-8-17(15(3)10-13)21(4)12-19(22)20-16-11-14(2)7-9-18(16)23-5/h6-11H,12H2,1-5H3,(H,20,22). The lowest BCUT2D eigenvalue weighted by atomic mass is 10.1. The van der Waals surface area contributed by atoms with Gasteiger partial charge in [0.25, 0.3) is 0 Å². The third kappa shape index (κ3) is 4.25. The van der Waals surface area contributed by atoms with Crippen molar-refractivity contribution in [1.29, 1.82) is 0 Å². The van der Waals surface area contributed by atoms with Crippen molar-refractivity contribution in [3.8, 4) is 5.75 Å². The maximum absolute atomic E-state index is 12.3. The first kappa shape index (κ1) is 16.9. The zero-order chi connectivity index (χ0) is 17.0. The summed E-state index contributed by atoms with van der Waals surface area (Å²) < 4.78 is 5.29. The number of carbonyl (C=O) groups is 1. The second-order valence-corrected chi connectivity index (χ2v) is 5.90. The molecule has 0 fully saturated rings. The molecule has 0 saturated heterocycles. The van der Waals surface area contributed by atoms with Crippen LogP contribution in [0.4, 0.5) is 11.4 Å². The maximum Gasteiger partial charge on any atom is 0.243 e. The van der Waals surface area contributed by atoms with E-state index in [-0.39, 0.29) is 12.5 Å². The van der Waals surface area contributed by atoms with Gasteiger partial charge in [0, 0.05) is 12.7 Å². The van der Waals surface area contributed by atoms with Gasteiger partial charge in [-0.25, -0.2) is 0 Å². The van der Waals surface area contributed by atoms with E-state index in [0.717, 1.165) is 16.8 Å². The van der Waals surface area contributed by atoms with E-state index in [1.807, 2.05) is 43.1 Å². The molecule has 2 aromatic rings. The van der Waals surface area contributed by atoms with Crippen molar-refractivity contribution >= 4 is 17.3 Å². The number of benzene rings is 2. The van der Waals surface area contributed by atoms with Gasteiger partial charge in [-0.05, 0) is 50.1 Å². The Labute approximate surface area is 138 Å². The van der Waals surface area contributed by atoms with Crippen molar-refractivity contribution in [1.82, 2.24) is 0 Å². The summed E-state index contributed by atoms with van der Waals surface area (Å²) in [4.78, 5) is 14.3. The minimum Gasteiger partial charge on any atom is -0.495 e. The number of aryl methyl sites for hydroxylation is 3. The molecule has 0 unspecified atom stereocenters. The molecule has 0 aliphatic carbocycles. The number of rotatable bonds is 5. The van der Waals surface area contributed by atoms with Crippen LogP contribution in [0.25, 0.3) is 0 Å². The summed E-state index contributed by atoms with van der Waals surface area (Å²) in [6, 6.07) is 11.9. The van der Waals surface area contributed by atoms with Crippen molar-refractivity contribution < 1.29 is 9.53 Å². The van der Waals surface area contributed by atoms with Crippen LogP contribution >= 0.6 is 0 Å². The van der Waals surface area contributed by atoms with Gasteiger partial charge in [0.2, 0.25) is 5.91 Å². The van der Waals surface area contributed by atoms with Gasteiger partial charge >= 0.3 is 0 Å². The fraction of sp³-hybridized carbons (Fsp3) is 0.316. The number of nitrogens with one attached hydrogen (secondary N) is 1. The molecule has 4 heteroatoms. The number of hydrogen-bond acceptors (Lipinski definition) is 3. The van der Waals surface area contributed by atoms with Crippen molar-refractivity contribution in [2.75, 3.05) is 30.9 Å². The third-order valence-corrected chi connectivity index (χ3v) is 3.77. The van der Waals surface area contributed by atoms with Gasteiger partial charge in [-0.3, -0.25) is 4.79 Å². The number of ether oxygens (including phenoxy) is 1. The van der Waals surface area contributed by atoms with Crippen LogP contribution in [0.2, 0.25) is 0 Å². The molecule has 23 heavy (non-hydrogen) atoms. The molecule has 0 bridgehead atoms.